The van der Waals surface area contributed by atoms with Gasteiger partial charge in [0, 0.05) is 33.6 Å². The van der Waals surface area contributed by atoms with Crippen LogP contribution in [0.1, 0.15) is 11.1 Å². The molecule has 38 heavy (non-hydrogen) atoms. The van der Waals surface area contributed by atoms with E-state index in [1.165, 1.54) is 0 Å². The van der Waals surface area contributed by atoms with Crippen LogP contribution in [0.5, 0.6) is 0 Å². The number of hydrogen-bond donors (Lipinski definition) is 0. The van der Waals surface area contributed by atoms with Crippen LogP contribution in [-0.4, -0.2) is 33.9 Å². The van der Waals surface area contributed by atoms with Crippen molar-refractivity contribution < 1.29 is 18.6 Å². The maximum atomic E-state index is 6.54. The second-order valence-electron chi connectivity index (χ2n) is 9.01. The first-order chi connectivity index (χ1) is 18.5. The fourth-order valence-corrected chi connectivity index (χ4v) is 5.17. The Balaban J connectivity index is 1.10. The van der Waals surface area contributed by atoms with Crippen molar-refractivity contribution in [1.82, 2.24) is 14.5 Å². The van der Waals surface area contributed by atoms with E-state index in [9.17, 15) is 0 Å². The summed E-state index contributed by atoms with van der Waals surface area (Å²) in [6, 6.07) is 18.6. The third-order valence-electron chi connectivity index (χ3n) is 6.27. The van der Waals surface area contributed by atoms with E-state index in [0.717, 1.165) is 16.6 Å². The van der Waals surface area contributed by atoms with Crippen molar-refractivity contribution >= 4 is 45.9 Å². The molecule has 1 aliphatic rings. The highest BCUT2D eigenvalue weighted by Crippen LogP contribution is 2.40. The number of hydrogen-bond acceptors (Lipinski definition) is 6. The van der Waals surface area contributed by atoms with Crippen LogP contribution in [0, 0.1) is 0 Å². The number of rotatable bonds is 8. The SMILES string of the molecule is Clc1ccc(C2(Cn3ccnc3)OCC(COCc3ccc(-c4nc5cc(Cl)ccc5o4)cc3)O2)c(Cl)c1. The average Bonchev–Trinajstić information content (AvgIpc) is 3.65. The summed E-state index contributed by atoms with van der Waals surface area (Å²) < 4.78 is 26.4. The van der Waals surface area contributed by atoms with Crippen LogP contribution >= 0.6 is 34.8 Å². The first-order valence-corrected chi connectivity index (χ1v) is 13.1. The van der Waals surface area contributed by atoms with Crippen LogP contribution in [0.25, 0.3) is 22.6 Å². The lowest BCUT2D eigenvalue weighted by molar-refractivity contribution is -0.191. The molecule has 1 aliphatic heterocycles. The molecule has 2 unspecified atom stereocenters. The first-order valence-electron chi connectivity index (χ1n) is 11.9. The van der Waals surface area contributed by atoms with Crippen molar-refractivity contribution in [2.75, 3.05) is 13.2 Å². The average molecular weight is 571 g/mol. The van der Waals surface area contributed by atoms with Crippen molar-refractivity contribution in [2.45, 2.75) is 25.0 Å². The van der Waals surface area contributed by atoms with Crippen LogP contribution < -0.4 is 0 Å². The summed E-state index contributed by atoms with van der Waals surface area (Å²) in [6.45, 7) is 1.51. The molecule has 3 heterocycles. The number of oxazole rings is 1. The van der Waals surface area contributed by atoms with Crippen LogP contribution in [0.15, 0.2) is 83.8 Å². The Morgan fingerprint density at radius 3 is 2.61 bits per heavy atom. The van der Waals surface area contributed by atoms with Gasteiger partial charge in [-0.1, -0.05) is 53.0 Å². The predicted molar refractivity (Wildman–Crippen MR) is 145 cm³/mol. The van der Waals surface area contributed by atoms with Gasteiger partial charge >= 0.3 is 0 Å². The molecular weight excluding hydrogens is 549 g/mol. The molecule has 6 rings (SSSR count). The Labute approximate surface area is 233 Å². The Hall–Kier alpha value is -2.91. The second-order valence-corrected chi connectivity index (χ2v) is 10.3. The van der Waals surface area contributed by atoms with E-state index >= 15 is 0 Å². The molecule has 0 amide bonds. The predicted octanol–water partition coefficient (Wildman–Crippen LogP) is 7.14. The molecule has 0 N–H and O–H groups in total. The van der Waals surface area contributed by atoms with Gasteiger partial charge in [-0.2, -0.15) is 0 Å². The molecule has 194 valence electrons. The number of fused-ring (bicyclic) bond motifs is 1. The maximum Gasteiger partial charge on any atom is 0.227 e. The quantitative estimate of drug-likeness (QED) is 0.198. The summed E-state index contributed by atoms with van der Waals surface area (Å²) >= 11 is 18.7. The summed E-state index contributed by atoms with van der Waals surface area (Å²) in [5.74, 6) is -0.539. The van der Waals surface area contributed by atoms with Crippen molar-refractivity contribution in [2.24, 2.45) is 0 Å². The van der Waals surface area contributed by atoms with Gasteiger partial charge in [0.2, 0.25) is 11.7 Å². The van der Waals surface area contributed by atoms with E-state index in [4.69, 9.17) is 53.4 Å². The molecule has 7 nitrogen and oxygen atoms in total. The van der Waals surface area contributed by atoms with Gasteiger partial charge in [-0.3, -0.25) is 0 Å². The molecule has 2 atom stereocenters. The lowest BCUT2D eigenvalue weighted by Gasteiger charge is -2.30. The number of ether oxygens (including phenoxy) is 3. The fourth-order valence-electron chi connectivity index (χ4n) is 4.45. The van der Waals surface area contributed by atoms with E-state index in [-0.39, 0.29) is 6.10 Å². The molecule has 0 saturated carbocycles. The minimum Gasteiger partial charge on any atom is -0.436 e. The van der Waals surface area contributed by atoms with Gasteiger partial charge in [-0.05, 0) is 48.0 Å². The Bertz CT molecular complexity index is 1560. The molecule has 0 radical (unpaired) electrons. The van der Waals surface area contributed by atoms with Gasteiger partial charge in [0.1, 0.15) is 11.6 Å². The highest BCUT2D eigenvalue weighted by Gasteiger charge is 2.45. The summed E-state index contributed by atoms with van der Waals surface area (Å²) in [6.07, 6.45) is 4.98. The Kier molecular flexibility index (Phi) is 7.14. The van der Waals surface area contributed by atoms with Crippen LogP contribution in [-0.2, 0) is 33.1 Å². The minimum absolute atomic E-state index is 0.281. The van der Waals surface area contributed by atoms with E-state index < -0.39 is 5.79 Å². The smallest absolute Gasteiger partial charge is 0.227 e. The fraction of sp³-hybridized carbons (Fsp3) is 0.214. The maximum absolute atomic E-state index is 6.54. The normalized spacial score (nSPS) is 19.4. The van der Waals surface area contributed by atoms with Crippen molar-refractivity contribution in [3.05, 3.63) is 106 Å². The molecule has 0 aliphatic carbocycles. The standard InChI is InChI=1S/C28H22Cl3N3O4/c29-20-5-7-23(24(31)11-20)28(16-34-10-9-32-17-34)36-15-22(38-28)14-35-13-18-1-3-19(4-2-18)27-33-25-12-21(30)6-8-26(25)37-27/h1-12,17,22H,13-16H2. The summed E-state index contributed by atoms with van der Waals surface area (Å²) in [5, 5.41) is 1.64. The zero-order chi connectivity index (χ0) is 26.1. The number of halogens is 3. The summed E-state index contributed by atoms with van der Waals surface area (Å²) in [7, 11) is 0. The zero-order valence-electron chi connectivity index (χ0n) is 20.0. The van der Waals surface area contributed by atoms with Gasteiger partial charge in [0.15, 0.2) is 5.58 Å². The molecular formula is C28H22Cl3N3O4. The third-order valence-corrected chi connectivity index (χ3v) is 7.06. The zero-order valence-corrected chi connectivity index (χ0v) is 22.3. The molecule has 5 aromatic rings. The number of nitrogens with zero attached hydrogens (tertiary/aromatic N) is 3. The van der Waals surface area contributed by atoms with E-state index in [1.807, 2.05) is 47.2 Å². The topological polar surface area (TPSA) is 71.5 Å². The molecule has 1 fully saturated rings. The minimum atomic E-state index is -1.08. The van der Waals surface area contributed by atoms with Gasteiger partial charge in [-0.25, -0.2) is 9.97 Å². The van der Waals surface area contributed by atoms with Crippen LogP contribution in [0.2, 0.25) is 15.1 Å². The number of imidazole rings is 1. The van der Waals surface area contributed by atoms with Gasteiger partial charge < -0.3 is 23.2 Å². The highest BCUT2D eigenvalue weighted by molar-refractivity contribution is 6.35. The third kappa shape index (κ3) is 5.31. The van der Waals surface area contributed by atoms with Gasteiger partial charge in [-0.15, -0.1) is 0 Å². The van der Waals surface area contributed by atoms with Crippen LogP contribution in [0.4, 0.5) is 0 Å². The van der Waals surface area contributed by atoms with Crippen LogP contribution in [0.3, 0.4) is 0 Å². The molecule has 0 spiro atoms. The lowest BCUT2D eigenvalue weighted by Crippen LogP contribution is -2.34. The lowest BCUT2D eigenvalue weighted by atomic mass is 10.1. The molecule has 0 bridgehead atoms. The van der Waals surface area contributed by atoms with Gasteiger partial charge in [0.25, 0.3) is 0 Å². The Morgan fingerprint density at radius 1 is 1.00 bits per heavy atom. The van der Waals surface area contributed by atoms with Gasteiger partial charge in [0.05, 0.1) is 37.7 Å². The van der Waals surface area contributed by atoms with E-state index in [2.05, 4.69) is 9.97 Å². The van der Waals surface area contributed by atoms with Crippen molar-refractivity contribution in [3.8, 4) is 11.5 Å². The largest absolute Gasteiger partial charge is 0.436 e. The van der Waals surface area contributed by atoms with E-state index in [1.54, 1.807) is 36.8 Å². The van der Waals surface area contributed by atoms with Crippen molar-refractivity contribution in [1.29, 1.82) is 0 Å². The van der Waals surface area contributed by atoms with E-state index in [0.29, 0.717) is 58.5 Å². The first kappa shape index (κ1) is 25.4. The van der Waals surface area contributed by atoms with Crippen molar-refractivity contribution in [3.63, 3.8) is 0 Å². The Morgan fingerprint density at radius 2 is 1.82 bits per heavy atom. The number of aromatic nitrogens is 3. The highest BCUT2D eigenvalue weighted by atomic mass is 35.5. The second kappa shape index (κ2) is 10.7. The number of benzene rings is 3. The molecule has 1 saturated heterocycles. The monoisotopic (exact) mass is 569 g/mol. The molecule has 2 aromatic heterocycles. The summed E-state index contributed by atoms with van der Waals surface area (Å²) in [4.78, 5) is 8.65. The molecule has 10 heteroatoms. The molecule has 3 aromatic carbocycles. The summed E-state index contributed by atoms with van der Waals surface area (Å²) in [5.41, 5.74) is 4.01.